The van der Waals surface area contributed by atoms with E-state index in [1.165, 1.54) is 0 Å². The summed E-state index contributed by atoms with van der Waals surface area (Å²) >= 11 is 0. The molecule has 0 aliphatic carbocycles. The van der Waals surface area contributed by atoms with E-state index in [0.717, 1.165) is 25.9 Å². The van der Waals surface area contributed by atoms with Crippen molar-refractivity contribution in [1.82, 2.24) is 4.90 Å². The number of hydrogen-bond acceptors (Lipinski definition) is 4. The van der Waals surface area contributed by atoms with Crippen molar-refractivity contribution in [2.75, 3.05) is 31.1 Å². The van der Waals surface area contributed by atoms with Crippen LogP contribution in [-0.4, -0.2) is 48.9 Å². The molecule has 0 bridgehead atoms. The molecule has 24 heavy (non-hydrogen) atoms. The zero-order chi connectivity index (χ0) is 17.1. The number of benzene rings is 1. The Morgan fingerprint density at radius 3 is 2.42 bits per heavy atom. The van der Waals surface area contributed by atoms with Crippen LogP contribution in [0.15, 0.2) is 24.3 Å². The minimum absolute atomic E-state index is 0.00408. The van der Waals surface area contributed by atoms with Crippen LogP contribution in [0.2, 0.25) is 0 Å². The maximum atomic E-state index is 12.0. The molecule has 7 nitrogen and oxygen atoms in total. The molecular formula is C17H21N3O4. The van der Waals surface area contributed by atoms with Gasteiger partial charge in [-0.25, -0.2) is 0 Å². The zero-order valence-corrected chi connectivity index (χ0v) is 13.4. The number of nitrogens with two attached hydrogens (primary N) is 1. The second-order valence-corrected chi connectivity index (χ2v) is 6.18. The van der Waals surface area contributed by atoms with E-state index in [2.05, 4.69) is 0 Å². The van der Waals surface area contributed by atoms with Crippen molar-refractivity contribution in [3.63, 3.8) is 0 Å². The molecule has 128 valence electrons. The maximum absolute atomic E-state index is 12.0. The third kappa shape index (κ3) is 3.50. The second kappa shape index (κ2) is 6.90. The topological polar surface area (TPSA) is 92.9 Å². The van der Waals surface area contributed by atoms with Gasteiger partial charge < -0.3 is 20.3 Å². The number of likely N-dealkylation sites (tertiary alicyclic amines) is 1. The van der Waals surface area contributed by atoms with Gasteiger partial charge in [-0.2, -0.15) is 0 Å². The summed E-state index contributed by atoms with van der Waals surface area (Å²) in [5, 5.41) is 0. The van der Waals surface area contributed by atoms with Crippen LogP contribution in [-0.2, 0) is 14.4 Å². The smallest absolute Gasteiger partial charge is 0.260 e. The highest BCUT2D eigenvalue weighted by molar-refractivity contribution is 6.00. The van der Waals surface area contributed by atoms with Crippen LogP contribution in [0.1, 0.15) is 19.3 Å². The molecule has 2 heterocycles. The van der Waals surface area contributed by atoms with Gasteiger partial charge in [0.25, 0.3) is 5.91 Å². The largest absolute Gasteiger partial charge is 0.484 e. The fourth-order valence-electron chi connectivity index (χ4n) is 3.07. The SMILES string of the molecule is NC(=O)C1CC(=O)N(c2ccc(OCC(=O)N3CCCC3)cc2)C1. The quantitative estimate of drug-likeness (QED) is 0.851. The highest BCUT2D eigenvalue weighted by Crippen LogP contribution is 2.26. The predicted octanol–water partition coefficient (Wildman–Crippen LogP) is 0.526. The van der Waals surface area contributed by atoms with E-state index < -0.39 is 11.8 Å². The van der Waals surface area contributed by atoms with Crippen molar-refractivity contribution in [2.45, 2.75) is 19.3 Å². The van der Waals surface area contributed by atoms with Crippen molar-refractivity contribution < 1.29 is 19.1 Å². The molecule has 1 atom stereocenters. The molecule has 0 spiro atoms. The minimum atomic E-state index is -0.453. The van der Waals surface area contributed by atoms with E-state index in [-0.39, 0.29) is 24.8 Å². The van der Waals surface area contributed by atoms with Gasteiger partial charge in [0.15, 0.2) is 6.61 Å². The zero-order valence-electron chi connectivity index (χ0n) is 13.4. The number of ether oxygens (including phenoxy) is 1. The van der Waals surface area contributed by atoms with Crippen molar-refractivity contribution >= 4 is 23.4 Å². The highest BCUT2D eigenvalue weighted by atomic mass is 16.5. The molecule has 2 fully saturated rings. The van der Waals surface area contributed by atoms with Gasteiger partial charge in [-0.1, -0.05) is 0 Å². The lowest BCUT2D eigenvalue weighted by Gasteiger charge is -2.18. The summed E-state index contributed by atoms with van der Waals surface area (Å²) in [7, 11) is 0. The Balaban J connectivity index is 1.56. The average Bonchev–Trinajstić information content (AvgIpc) is 3.23. The lowest BCUT2D eigenvalue weighted by molar-refractivity contribution is -0.132. The minimum Gasteiger partial charge on any atom is -0.484 e. The van der Waals surface area contributed by atoms with Gasteiger partial charge >= 0.3 is 0 Å². The van der Waals surface area contributed by atoms with E-state index in [9.17, 15) is 14.4 Å². The molecule has 2 saturated heterocycles. The van der Waals surface area contributed by atoms with Crippen LogP contribution in [0.5, 0.6) is 5.75 Å². The molecule has 1 aromatic carbocycles. The first kappa shape index (κ1) is 16.3. The monoisotopic (exact) mass is 331 g/mol. The number of anilines is 1. The molecule has 7 heteroatoms. The Labute approximate surface area is 140 Å². The molecule has 3 amide bonds. The number of rotatable bonds is 5. The number of nitrogens with zero attached hydrogens (tertiary/aromatic N) is 2. The molecule has 3 rings (SSSR count). The Morgan fingerprint density at radius 2 is 1.83 bits per heavy atom. The van der Waals surface area contributed by atoms with Crippen molar-refractivity contribution in [3.8, 4) is 5.75 Å². The number of hydrogen-bond donors (Lipinski definition) is 1. The fourth-order valence-corrected chi connectivity index (χ4v) is 3.07. The summed E-state index contributed by atoms with van der Waals surface area (Å²) in [4.78, 5) is 38.5. The summed E-state index contributed by atoms with van der Waals surface area (Å²) in [6.45, 7) is 1.94. The predicted molar refractivity (Wildman–Crippen MR) is 87.4 cm³/mol. The molecule has 1 unspecified atom stereocenters. The Bertz CT molecular complexity index is 638. The van der Waals surface area contributed by atoms with Crippen LogP contribution < -0.4 is 15.4 Å². The lowest BCUT2D eigenvalue weighted by Crippen LogP contribution is -2.32. The molecule has 2 N–H and O–H groups in total. The highest BCUT2D eigenvalue weighted by Gasteiger charge is 2.33. The number of primary amides is 1. The van der Waals surface area contributed by atoms with Gasteiger partial charge in [-0.3, -0.25) is 14.4 Å². The van der Waals surface area contributed by atoms with Crippen LogP contribution in [0.25, 0.3) is 0 Å². The van der Waals surface area contributed by atoms with E-state index >= 15 is 0 Å². The van der Waals surface area contributed by atoms with Crippen LogP contribution >= 0.6 is 0 Å². The van der Waals surface area contributed by atoms with Crippen molar-refractivity contribution in [3.05, 3.63) is 24.3 Å². The Hall–Kier alpha value is -2.57. The standard InChI is InChI=1S/C17H21N3O4/c18-17(23)12-9-15(21)20(10-12)13-3-5-14(6-4-13)24-11-16(22)19-7-1-2-8-19/h3-6,12H,1-2,7-11H2,(H2,18,23). The third-order valence-corrected chi connectivity index (χ3v) is 4.50. The van der Waals surface area contributed by atoms with E-state index in [1.807, 2.05) is 0 Å². The Kier molecular flexibility index (Phi) is 4.69. The van der Waals surface area contributed by atoms with Gasteiger partial charge in [-0.15, -0.1) is 0 Å². The molecule has 2 aliphatic rings. The number of carbonyl (C=O) groups excluding carboxylic acids is 3. The summed E-state index contributed by atoms with van der Waals surface area (Å²) < 4.78 is 5.52. The molecule has 0 aromatic heterocycles. The maximum Gasteiger partial charge on any atom is 0.260 e. The number of carbonyl (C=O) groups is 3. The first-order valence-corrected chi connectivity index (χ1v) is 8.15. The van der Waals surface area contributed by atoms with Crippen molar-refractivity contribution in [1.29, 1.82) is 0 Å². The molecule has 1 aromatic rings. The first-order valence-electron chi connectivity index (χ1n) is 8.15. The third-order valence-electron chi connectivity index (χ3n) is 4.50. The normalized spacial score (nSPS) is 20.5. The number of amides is 3. The summed E-state index contributed by atoms with van der Waals surface area (Å²) in [6.07, 6.45) is 2.26. The van der Waals surface area contributed by atoms with Crippen LogP contribution in [0, 0.1) is 5.92 Å². The lowest BCUT2D eigenvalue weighted by atomic mass is 10.1. The molecule has 2 aliphatic heterocycles. The average molecular weight is 331 g/mol. The van der Waals surface area contributed by atoms with Gasteiger partial charge in [0.05, 0.1) is 5.92 Å². The van der Waals surface area contributed by atoms with Gasteiger partial charge in [0.2, 0.25) is 11.8 Å². The van der Waals surface area contributed by atoms with Crippen LogP contribution in [0.4, 0.5) is 5.69 Å². The molecule has 0 radical (unpaired) electrons. The van der Waals surface area contributed by atoms with E-state index in [4.69, 9.17) is 10.5 Å². The summed E-state index contributed by atoms with van der Waals surface area (Å²) in [5.74, 6) is -0.436. The van der Waals surface area contributed by atoms with E-state index in [1.54, 1.807) is 34.1 Å². The summed E-state index contributed by atoms with van der Waals surface area (Å²) in [6, 6.07) is 6.93. The first-order chi connectivity index (χ1) is 11.5. The summed E-state index contributed by atoms with van der Waals surface area (Å²) in [5.41, 5.74) is 5.97. The van der Waals surface area contributed by atoms with E-state index in [0.29, 0.717) is 18.0 Å². The fraction of sp³-hybridized carbons (Fsp3) is 0.471. The second-order valence-electron chi connectivity index (χ2n) is 6.18. The molecular weight excluding hydrogens is 310 g/mol. The van der Waals surface area contributed by atoms with Crippen molar-refractivity contribution in [2.24, 2.45) is 11.7 Å². The Morgan fingerprint density at radius 1 is 1.17 bits per heavy atom. The molecule has 0 saturated carbocycles. The van der Waals surface area contributed by atoms with Crippen LogP contribution in [0.3, 0.4) is 0 Å². The van der Waals surface area contributed by atoms with Gasteiger partial charge in [0, 0.05) is 31.7 Å². The van der Waals surface area contributed by atoms with Gasteiger partial charge in [-0.05, 0) is 37.1 Å². The van der Waals surface area contributed by atoms with Gasteiger partial charge in [0.1, 0.15) is 5.75 Å².